The topological polar surface area (TPSA) is 67.6 Å². The zero-order chi connectivity index (χ0) is 17.3. The van der Waals surface area contributed by atoms with Crippen molar-refractivity contribution in [2.75, 3.05) is 36.5 Å². The molecule has 0 unspecified atom stereocenters. The van der Waals surface area contributed by atoms with E-state index < -0.39 is 18.3 Å². The van der Waals surface area contributed by atoms with Crippen LogP contribution < -0.4 is 10.2 Å². The van der Waals surface area contributed by atoms with Gasteiger partial charge in [-0.2, -0.15) is 13.8 Å². The summed E-state index contributed by atoms with van der Waals surface area (Å²) in [5.74, 6) is -6.85. The van der Waals surface area contributed by atoms with E-state index in [1.807, 2.05) is 4.90 Å². The molecule has 24 heavy (non-hydrogen) atoms. The monoisotopic (exact) mass is 347 g/mol. The first-order valence-electron chi connectivity index (χ1n) is 7.08. The van der Waals surface area contributed by atoms with Crippen molar-refractivity contribution in [1.29, 1.82) is 0 Å². The fraction of sp³-hybridized carbons (Fsp3) is 0.429. The molecular weight excluding hydrogens is 334 g/mol. The predicted octanol–water partition coefficient (Wildman–Crippen LogP) is 2.50. The second-order valence-electron chi connectivity index (χ2n) is 5.16. The van der Waals surface area contributed by atoms with Gasteiger partial charge in [-0.3, -0.25) is 4.79 Å². The van der Waals surface area contributed by atoms with Gasteiger partial charge in [-0.05, 0) is 12.1 Å². The molecule has 1 amide bonds. The number of fused-ring (bicyclic) bond motifs is 1. The van der Waals surface area contributed by atoms with E-state index in [0.29, 0.717) is 37.8 Å². The Morgan fingerprint density at radius 1 is 1.29 bits per heavy atom. The fourth-order valence-corrected chi connectivity index (χ4v) is 2.19. The Labute approximate surface area is 133 Å². The number of hydrogen-bond acceptors (Lipinski definition) is 5. The summed E-state index contributed by atoms with van der Waals surface area (Å²) in [6.07, 6.45) is -4.08. The molecule has 1 aromatic heterocycles. The number of nitrogens with one attached hydrogen (secondary N) is 1. The molecule has 1 saturated heterocycles. The molecule has 0 atom stereocenters. The van der Waals surface area contributed by atoms with Crippen molar-refractivity contribution in [3.63, 3.8) is 0 Å². The number of alkyl halides is 4. The largest absolute Gasteiger partial charge is 0.423 e. The summed E-state index contributed by atoms with van der Waals surface area (Å²) in [5.41, 5.74) is 0.613. The van der Waals surface area contributed by atoms with Crippen LogP contribution in [0.2, 0.25) is 0 Å². The number of morpholine rings is 1. The molecule has 1 aliphatic heterocycles. The molecule has 0 spiro atoms. The van der Waals surface area contributed by atoms with E-state index in [2.05, 4.69) is 4.98 Å². The maximum absolute atomic E-state index is 13.0. The number of nitrogens with zero attached hydrogens (tertiary/aromatic N) is 2. The molecule has 0 aliphatic carbocycles. The summed E-state index contributed by atoms with van der Waals surface area (Å²) in [6.45, 7) is 2.25. The van der Waals surface area contributed by atoms with Crippen molar-refractivity contribution in [2.24, 2.45) is 0 Å². The number of carbonyl (C=O) groups is 1. The number of oxazole rings is 1. The average molecular weight is 347 g/mol. The molecule has 2 heterocycles. The number of aromatic nitrogens is 1. The minimum atomic E-state index is -4.77. The number of halogens is 4. The van der Waals surface area contributed by atoms with Crippen LogP contribution in [0, 0.1) is 0 Å². The first-order chi connectivity index (χ1) is 11.4. The third-order valence-corrected chi connectivity index (χ3v) is 3.49. The third-order valence-electron chi connectivity index (χ3n) is 3.49. The van der Waals surface area contributed by atoms with Gasteiger partial charge >= 0.3 is 18.3 Å². The second kappa shape index (κ2) is 6.27. The Bertz CT molecular complexity index is 744. The van der Waals surface area contributed by atoms with Crippen LogP contribution >= 0.6 is 0 Å². The van der Waals surface area contributed by atoms with Gasteiger partial charge in [0.15, 0.2) is 5.58 Å². The minimum absolute atomic E-state index is 0.0856. The Morgan fingerprint density at radius 2 is 2.00 bits per heavy atom. The number of benzene rings is 1. The highest BCUT2D eigenvalue weighted by Crippen LogP contribution is 2.28. The van der Waals surface area contributed by atoms with Gasteiger partial charge in [0, 0.05) is 24.8 Å². The Kier molecular flexibility index (Phi) is 4.31. The molecule has 10 heteroatoms. The van der Waals surface area contributed by atoms with E-state index in [1.54, 1.807) is 5.32 Å². The molecule has 1 N–H and O–H groups in total. The summed E-state index contributed by atoms with van der Waals surface area (Å²) in [5, 5.41) is 1.75. The molecule has 6 nitrogen and oxygen atoms in total. The number of hydrogen-bond donors (Lipinski definition) is 1. The molecule has 2 aromatic rings. The minimum Gasteiger partial charge on any atom is -0.423 e. The zero-order valence-electron chi connectivity index (χ0n) is 12.3. The quantitative estimate of drug-likeness (QED) is 0.861. The Morgan fingerprint density at radius 3 is 2.67 bits per heavy atom. The Balaban J connectivity index is 1.80. The molecule has 0 radical (unpaired) electrons. The first kappa shape index (κ1) is 16.5. The smallest absolute Gasteiger partial charge is 0.383 e. The number of rotatable bonds is 4. The molecule has 130 valence electrons. The van der Waals surface area contributed by atoms with Crippen LogP contribution in [0.1, 0.15) is 0 Å². The molecular formula is C14H13F4N3O3. The molecule has 0 saturated carbocycles. The summed E-state index contributed by atoms with van der Waals surface area (Å²) in [7, 11) is 0. The highest BCUT2D eigenvalue weighted by Gasteiger charge is 2.48. The average Bonchev–Trinajstić information content (AvgIpc) is 2.98. The van der Waals surface area contributed by atoms with Gasteiger partial charge in [-0.25, -0.2) is 8.78 Å². The van der Waals surface area contributed by atoms with Crippen molar-refractivity contribution in [2.45, 2.75) is 12.3 Å². The lowest BCUT2D eigenvalue weighted by Gasteiger charge is -2.24. The van der Waals surface area contributed by atoms with Gasteiger partial charge < -0.3 is 19.4 Å². The molecule has 0 bridgehead atoms. The van der Waals surface area contributed by atoms with Crippen LogP contribution in [0.3, 0.4) is 0 Å². The third kappa shape index (κ3) is 3.14. The van der Waals surface area contributed by atoms with E-state index in [4.69, 9.17) is 9.15 Å². The lowest BCUT2D eigenvalue weighted by atomic mass is 10.2. The van der Waals surface area contributed by atoms with Gasteiger partial charge in [0.1, 0.15) is 5.52 Å². The maximum Gasteiger partial charge on any atom is 0.383 e. The SMILES string of the molecule is O=C(Nc1ccc2nc(N3CCOCC3)oc2c1)C(F)(F)C(F)F. The van der Waals surface area contributed by atoms with Crippen LogP contribution in [0.25, 0.3) is 11.1 Å². The van der Waals surface area contributed by atoms with E-state index in [-0.39, 0.29) is 11.3 Å². The van der Waals surface area contributed by atoms with Crippen molar-refractivity contribution in [3.8, 4) is 0 Å². The number of amides is 1. The van der Waals surface area contributed by atoms with Crippen LogP contribution in [-0.2, 0) is 9.53 Å². The molecule has 1 aliphatic rings. The van der Waals surface area contributed by atoms with E-state index in [0.717, 1.165) is 0 Å². The van der Waals surface area contributed by atoms with E-state index >= 15 is 0 Å². The standard InChI is InChI=1S/C14H13F4N3O3/c15-11(16)14(17,18)12(22)19-8-1-2-9-10(7-8)24-13(20-9)21-3-5-23-6-4-21/h1-2,7,11H,3-6H2,(H,19,22). The van der Waals surface area contributed by atoms with E-state index in [9.17, 15) is 22.4 Å². The Hall–Kier alpha value is -2.36. The lowest BCUT2D eigenvalue weighted by Crippen LogP contribution is -2.40. The maximum atomic E-state index is 13.0. The van der Waals surface area contributed by atoms with Gasteiger partial charge in [-0.15, -0.1) is 0 Å². The summed E-state index contributed by atoms with van der Waals surface area (Å²) in [6, 6.07) is 4.33. The van der Waals surface area contributed by atoms with Crippen LogP contribution in [0.4, 0.5) is 29.3 Å². The summed E-state index contributed by atoms with van der Waals surface area (Å²) < 4.78 is 61.0. The normalized spacial score (nSPS) is 16.0. The first-order valence-corrected chi connectivity index (χ1v) is 7.08. The van der Waals surface area contributed by atoms with Crippen molar-refractivity contribution in [1.82, 2.24) is 4.98 Å². The van der Waals surface area contributed by atoms with Gasteiger partial charge in [0.05, 0.1) is 13.2 Å². The molecule has 1 fully saturated rings. The number of ether oxygens (including phenoxy) is 1. The molecule has 1 aromatic carbocycles. The van der Waals surface area contributed by atoms with Gasteiger partial charge in [0.2, 0.25) is 0 Å². The van der Waals surface area contributed by atoms with Gasteiger partial charge in [0.25, 0.3) is 6.01 Å². The van der Waals surface area contributed by atoms with Crippen LogP contribution in [0.5, 0.6) is 0 Å². The van der Waals surface area contributed by atoms with Crippen molar-refractivity contribution >= 4 is 28.7 Å². The fourth-order valence-electron chi connectivity index (χ4n) is 2.19. The second-order valence-corrected chi connectivity index (χ2v) is 5.16. The van der Waals surface area contributed by atoms with Crippen LogP contribution in [-0.4, -0.2) is 49.5 Å². The zero-order valence-corrected chi connectivity index (χ0v) is 12.3. The molecule has 3 rings (SSSR count). The predicted molar refractivity (Wildman–Crippen MR) is 76.6 cm³/mol. The van der Waals surface area contributed by atoms with Crippen LogP contribution in [0.15, 0.2) is 22.6 Å². The number of carbonyl (C=O) groups excluding carboxylic acids is 1. The van der Waals surface area contributed by atoms with Crippen molar-refractivity contribution < 1.29 is 31.5 Å². The number of anilines is 2. The highest BCUT2D eigenvalue weighted by atomic mass is 19.3. The summed E-state index contributed by atoms with van der Waals surface area (Å²) >= 11 is 0. The van der Waals surface area contributed by atoms with Crippen molar-refractivity contribution in [3.05, 3.63) is 18.2 Å². The van der Waals surface area contributed by atoms with Gasteiger partial charge in [-0.1, -0.05) is 0 Å². The lowest BCUT2D eigenvalue weighted by molar-refractivity contribution is -0.163. The highest BCUT2D eigenvalue weighted by molar-refractivity contribution is 5.97. The summed E-state index contributed by atoms with van der Waals surface area (Å²) in [4.78, 5) is 17.4. The van der Waals surface area contributed by atoms with E-state index in [1.165, 1.54) is 18.2 Å².